The largest absolute Gasteiger partial charge is 0.449 e. The Morgan fingerprint density at radius 3 is 2.67 bits per heavy atom. The fourth-order valence-electron chi connectivity index (χ4n) is 0.867. The van der Waals surface area contributed by atoms with Crippen molar-refractivity contribution >= 4 is 6.09 Å². The average Bonchev–Trinajstić information content (AvgIpc) is 2.20. The van der Waals surface area contributed by atoms with Gasteiger partial charge in [0.05, 0.1) is 13.2 Å². The van der Waals surface area contributed by atoms with Gasteiger partial charge in [0.25, 0.3) is 0 Å². The maximum Gasteiger partial charge on any atom is 0.407 e. The highest BCUT2D eigenvalue weighted by Gasteiger charge is 2.01. The third-order valence-corrected chi connectivity index (χ3v) is 1.71. The Balaban J connectivity index is 3.17. The van der Waals surface area contributed by atoms with Gasteiger partial charge in [0.1, 0.15) is 0 Å². The van der Waals surface area contributed by atoms with E-state index in [-0.39, 0.29) is 6.09 Å². The second-order valence-electron chi connectivity index (χ2n) is 3.89. The number of carbonyl (C=O) groups excluding carboxylic acids is 1. The molecule has 0 saturated carbocycles. The van der Waals surface area contributed by atoms with Crippen molar-refractivity contribution in [3.8, 4) is 0 Å². The van der Waals surface area contributed by atoms with Gasteiger partial charge in [-0.3, -0.25) is 0 Å². The van der Waals surface area contributed by atoms with Crippen LogP contribution in [0.4, 0.5) is 4.79 Å². The smallest absolute Gasteiger partial charge is 0.407 e. The van der Waals surface area contributed by atoms with E-state index in [9.17, 15) is 4.79 Å². The molecule has 0 rings (SSSR count). The van der Waals surface area contributed by atoms with Gasteiger partial charge < -0.3 is 14.8 Å². The summed E-state index contributed by atoms with van der Waals surface area (Å²) in [5.74, 6) is 0.372. The number of alkyl carbamates (subject to hydrolysis) is 1. The van der Waals surface area contributed by atoms with E-state index in [4.69, 9.17) is 9.47 Å². The number of hydrogen-bond acceptors (Lipinski definition) is 3. The highest BCUT2D eigenvalue weighted by atomic mass is 16.5. The summed E-state index contributed by atoms with van der Waals surface area (Å²) in [6.45, 7) is 8.41. The first-order valence-electron chi connectivity index (χ1n) is 5.65. The molecule has 0 heterocycles. The number of carbonyl (C=O) groups is 1. The van der Waals surface area contributed by atoms with Crippen LogP contribution in [0, 0.1) is 5.92 Å². The van der Waals surface area contributed by atoms with Crippen molar-refractivity contribution in [3.63, 3.8) is 0 Å². The minimum Gasteiger partial charge on any atom is -0.449 e. The normalized spacial score (nSPS) is 10.4. The Labute approximate surface area is 92.3 Å². The molecule has 0 atom stereocenters. The maximum atomic E-state index is 11.0. The second kappa shape index (κ2) is 9.77. The van der Waals surface area contributed by atoms with Crippen LogP contribution in [0.2, 0.25) is 0 Å². The first-order valence-corrected chi connectivity index (χ1v) is 5.65. The van der Waals surface area contributed by atoms with E-state index in [2.05, 4.69) is 12.2 Å². The fourth-order valence-corrected chi connectivity index (χ4v) is 0.867. The monoisotopic (exact) mass is 217 g/mol. The molecule has 0 radical (unpaired) electrons. The zero-order chi connectivity index (χ0) is 11.5. The minimum atomic E-state index is -0.359. The van der Waals surface area contributed by atoms with Crippen LogP contribution in [0.1, 0.15) is 33.6 Å². The summed E-state index contributed by atoms with van der Waals surface area (Å²) in [6, 6.07) is 0. The van der Waals surface area contributed by atoms with Crippen LogP contribution in [0.25, 0.3) is 0 Å². The van der Waals surface area contributed by atoms with E-state index >= 15 is 0 Å². The van der Waals surface area contributed by atoms with E-state index < -0.39 is 0 Å². The number of hydrogen-bond donors (Lipinski definition) is 1. The molecule has 1 amide bonds. The van der Waals surface area contributed by atoms with Crippen LogP contribution in [0.15, 0.2) is 0 Å². The first-order chi connectivity index (χ1) is 7.16. The molecular formula is C11H23NO3. The molecule has 0 saturated heterocycles. The van der Waals surface area contributed by atoms with Crippen molar-refractivity contribution < 1.29 is 14.3 Å². The number of unbranched alkanes of at least 4 members (excludes halogenated alkanes) is 1. The molecule has 15 heavy (non-hydrogen) atoms. The van der Waals surface area contributed by atoms with E-state index in [0.29, 0.717) is 25.7 Å². The fraction of sp³-hybridized carbons (Fsp3) is 0.909. The van der Waals surface area contributed by atoms with E-state index in [1.54, 1.807) is 0 Å². The van der Waals surface area contributed by atoms with E-state index in [1.165, 1.54) is 0 Å². The van der Waals surface area contributed by atoms with E-state index in [0.717, 1.165) is 19.4 Å². The van der Waals surface area contributed by atoms with Gasteiger partial charge in [0.2, 0.25) is 0 Å². The molecule has 0 aromatic heterocycles. The first kappa shape index (κ1) is 14.2. The van der Waals surface area contributed by atoms with Crippen LogP contribution in [-0.4, -0.2) is 32.5 Å². The van der Waals surface area contributed by atoms with Gasteiger partial charge in [0, 0.05) is 13.2 Å². The summed E-state index contributed by atoms with van der Waals surface area (Å²) in [5, 5.41) is 2.63. The Hall–Kier alpha value is -0.770. The lowest BCUT2D eigenvalue weighted by molar-refractivity contribution is 0.115. The standard InChI is InChI=1S/C11H23NO3/c1-4-5-7-14-8-6-12-11(13)15-9-10(2)3/h10H,4-9H2,1-3H3,(H,12,13). The molecule has 0 fully saturated rings. The predicted molar refractivity (Wildman–Crippen MR) is 59.9 cm³/mol. The van der Waals surface area contributed by atoms with Gasteiger partial charge in [-0.15, -0.1) is 0 Å². The zero-order valence-electron chi connectivity index (χ0n) is 10.0. The minimum absolute atomic E-state index is 0.359. The molecule has 0 unspecified atom stereocenters. The van der Waals surface area contributed by atoms with Gasteiger partial charge in [-0.1, -0.05) is 27.2 Å². The molecule has 1 N–H and O–H groups in total. The van der Waals surface area contributed by atoms with Gasteiger partial charge in [-0.25, -0.2) is 4.79 Å². The van der Waals surface area contributed by atoms with Gasteiger partial charge in [-0.05, 0) is 12.3 Å². The molecule has 0 spiro atoms. The van der Waals surface area contributed by atoms with Crippen LogP contribution >= 0.6 is 0 Å². The molecular weight excluding hydrogens is 194 g/mol. The third kappa shape index (κ3) is 11.2. The van der Waals surface area contributed by atoms with Crippen molar-refractivity contribution in [3.05, 3.63) is 0 Å². The summed E-state index contributed by atoms with van der Waals surface area (Å²) in [5.41, 5.74) is 0. The molecule has 0 aliphatic carbocycles. The topological polar surface area (TPSA) is 47.6 Å². The number of ether oxygens (including phenoxy) is 2. The maximum absolute atomic E-state index is 11.0. The quantitative estimate of drug-likeness (QED) is 0.634. The number of nitrogens with one attached hydrogen (secondary N) is 1. The summed E-state index contributed by atoms with van der Waals surface area (Å²) in [4.78, 5) is 11.0. The van der Waals surface area contributed by atoms with Crippen molar-refractivity contribution in [1.82, 2.24) is 5.32 Å². The molecule has 4 nitrogen and oxygen atoms in total. The van der Waals surface area contributed by atoms with E-state index in [1.807, 2.05) is 13.8 Å². The molecule has 0 bridgehead atoms. The summed E-state index contributed by atoms with van der Waals surface area (Å²) in [6.07, 6.45) is 1.84. The van der Waals surface area contributed by atoms with Crippen molar-refractivity contribution in [1.29, 1.82) is 0 Å². The number of rotatable bonds is 8. The second-order valence-corrected chi connectivity index (χ2v) is 3.89. The summed E-state index contributed by atoms with van der Waals surface area (Å²) < 4.78 is 10.2. The van der Waals surface area contributed by atoms with Crippen molar-refractivity contribution in [2.24, 2.45) is 5.92 Å². The van der Waals surface area contributed by atoms with Gasteiger partial charge in [0.15, 0.2) is 0 Å². The lowest BCUT2D eigenvalue weighted by Gasteiger charge is -2.08. The Kier molecular flexibility index (Phi) is 9.27. The molecule has 0 aromatic rings. The lowest BCUT2D eigenvalue weighted by atomic mass is 10.2. The molecule has 0 aliphatic rings. The lowest BCUT2D eigenvalue weighted by Crippen LogP contribution is -2.29. The number of amides is 1. The van der Waals surface area contributed by atoms with Crippen molar-refractivity contribution in [2.75, 3.05) is 26.4 Å². The summed E-state index contributed by atoms with van der Waals surface area (Å²) in [7, 11) is 0. The molecule has 0 aromatic carbocycles. The van der Waals surface area contributed by atoms with Crippen LogP contribution in [0.3, 0.4) is 0 Å². The highest BCUT2D eigenvalue weighted by molar-refractivity contribution is 5.67. The predicted octanol–water partition coefficient (Wildman–Crippen LogP) is 2.19. The Morgan fingerprint density at radius 2 is 2.07 bits per heavy atom. The van der Waals surface area contributed by atoms with Crippen molar-refractivity contribution in [2.45, 2.75) is 33.6 Å². The third-order valence-electron chi connectivity index (χ3n) is 1.71. The molecule has 0 aliphatic heterocycles. The zero-order valence-corrected chi connectivity index (χ0v) is 10.0. The van der Waals surface area contributed by atoms with Gasteiger partial charge >= 0.3 is 6.09 Å². The molecule has 90 valence electrons. The van der Waals surface area contributed by atoms with Crippen LogP contribution < -0.4 is 5.32 Å². The molecule has 4 heteroatoms. The highest BCUT2D eigenvalue weighted by Crippen LogP contribution is 1.92. The SMILES string of the molecule is CCCCOCCNC(=O)OCC(C)C. The summed E-state index contributed by atoms with van der Waals surface area (Å²) >= 11 is 0. The van der Waals surface area contributed by atoms with Gasteiger partial charge in [-0.2, -0.15) is 0 Å². The Bertz CT molecular complexity index is 160. The van der Waals surface area contributed by atoms with Crippen LogP contribution in [-0.2, 0) is 9.47 Å². The Morgan fingerprint density at radius 1 is 1.33 bits per heavy atom. The van der Waals surface area contributed by atoms with Crippen LogP contribution in [0.5, 0.6) is 0 Å². The average molecular weight is 217 g/mol.